The molecule has 0 aromatic rings. The number of nitrogens with two attached hydrogens (primary N) is 1. The van der Waals surface area contributed by atoms with Gasteiger partial charge >= 0.3 is 0 Å². The Kier molecular flexibility index (Phi) is 2.49. The quantitative estimate of drug-likeness (QED) is 0.550. The molecule has 9 heavy (non-hydrogen) atoms. The van der Waals surface area contributed by atoms with Crippen molar-refractivity contribution >= 4 is 0 Å². The zero-order valence-electron chi connectivity index (χ0n) is 6.14. The van der Waals surface area contributed by atoms with E-state index >= 15 is 0 Å². The molecule has 1 atom stereocenters. The second-order valence-corrected chi connectivity index (χ2v) is 3.01. The molecular weight excluding hydrogens is 112 g/mol. The minimum absolute atomic E-state index is 0.767. The maximum absolute atomic E-state index is 5.54. The number of rotatable bonds is 1. The predicted octanol–water partition coefficient (Wildman–Crippen LogP) is 0.287. The van der Waals surface area contributed by atoms with Crippen molar-refractivity contribution < 1.29 is 0 Å². The summed E-state index contributed by atoms with van der Waals surface area (Å²) < 4.78 is 0. The van der Waals surface area contributed by atoms with Crippen LogP contribution in [0.4, 0.5) is 0 Å². The minimum atomic E-state index is 0.767. The van der Waals surface area contributed by atoms with Crippen LogP contribution in [0.15, 0.2) is 0 Å². The lowest BCUT2D eigenvalue weighted by Gasteiger charge is -2.28. The van der Waals surface area contributed by atoms with Gasteiger partial charge in [0.15, 0.2) is 0 Å². The molecule has 2 heteroatoms. The Labute approximate surface area is 57.0 Å². The van der Waals surface area contributed by atoms with Gasteiger partial charge in [-0.05, 0) is 38.9 Å². The third kappa shape index (κ3) is 1.95. The molecule has 1 heterocycles. The summed E-state index contributed by atoms with van der Waals surface area (Å²) in [7, 11) is 2.17. The average Bonchev–Trinajstić information content (AvgIpc) is 1.88. The third-order valence-electron chi connectivity index (χ3n) is 2.06. The Morgan fingerprint density at radius 2 is 2.44 bits per heavy atom. The van der Waals surface area contributed by atoms with Crippen molar-refractivity contribution in [2.75, 3.05) is 26.7 Å². The highest BCUT2D eigenvalue weighted by molar-refractivity contribution is 4.70. The van der Waals surface area contributed by atoms with Crippen LogP contribution >= 0.6 is 0 Å². The molecular formula is C7H16N2. The van der Waals surface area contributed by atoms with Gasteiger partial charge in [-0.15, -0.1) is 0 Å². The molecule has 0 spiro atoms. The standard InChI is InChI=1S/C7H16N2/c1-9-4-2-3-7(5-8)6-9/h7H,2-6,8H2,1H3/t7-/m0/s1. The van der Waals surface area contributed by atoms with Crippen molar-refractivity contribution in [1.29, 1.82) is 0 Å². The monoisotopic (exact) mass is 128 g/mol. The van der Waals surface area contributed by atoms with Gasteiger partial charge in [0.2, 0.25) is 0 Å². The maximum atomic E-state index is 5.54. The molecule has 1 aliphatic rings. The zero-order chi connectivity index (χ0) is 6.69. The summed E-state index contributed by atoms with van der Waals surface area (Å²) in [4.78, 5) is 2.36. The van der Waals surface area contributed by atoms with Crippen LogP contribution < -0.4 is 5.73 Å². The molecule has 0 aromatic carbocycles. The van der Waals surface area contributed by atoms with Crippen molar-refractivity contribution in [3.8, 4) is 0 Å². The molecule has 0 aromatic heterocycles. The van der Waals surface area contributed by atoms with Gasteiger partial charge in [-0.2, -0.15) is 0 Å². The van der Waals surface area contributed by atoms with Gasteiger partial charge in [0, 0.05) is 6.54 Å². The molecule has 2 N–H and O–H groups in total. The Bertz CT molecular complexity index is 83.0. The number of likely N-dealkylation sites (tertiary alicyclic amines) is 1. The first-order valence-corrected chi connectivity index (χ1v) is 3.71. The van der Waals surface area contributed by atoms with Crippen LogP contribution in [0.25, 0.3) is 0 Å². The lowest BCUT2D eigenvalue weighted by Crippen LogP contribution is -2.35. The van der Waals surface area contributed by atoms with E-state index in [1.54, 1.807) is 0 Å². The van der Waals surface area contributed by atoms with Crippen LogP contribution in [0.1, 0.15) is 12.8 Å². The Balaban J connectivity index is 2.23. The first kappa shape index (κ1) is 7.03. The fourth-order valence-corrected chi connectivity index (χ4v) is 1.47. The van der Waals surface area contributed by atoms with Gasteiger partial charge in [0.1, 0.15) is 0 Å². The first-order chi connectivity index (χ1) is 4.33. The van der Waals surface area contributed by atoms with E-state index in [1.807, 2.05) is 0 Å². The SMILES string of the molecule is CN1CCC[C@@H](CN)C1. The Morgan fingerprint density at radius 1 is 1.67 bits per heavy atom. The highest BCUT2D eigenvalue weighted by atomic mass is 15.1. The lowest BCUT2D eigenvalue weighted by atomic mass is 9.99. The number of nitrogens with zero attached hydrogens (tertiary/aromatic N) is 1. The van der Waals surface area contributed by atoms with Crippen LogP contribution in [0.5, 0.6) is 0 Å². The van der Waals surface area contributed by atoms with E-state index in [0.717, 1.165) is 12.5 Å². The van der Waals surface area contributed by atoms with Gasteiger partial charge < -0.3 is 10.6 Å². The van der Waals surface area contributed by atoms with Gasteiger partial charge in [-0.25, -0.2) is 0 Å². The Morgan fingerprint density at radius 3 is 2.89 bits per heavy atom. The summed E-state index contributed by atoms with van der Waals surface area (Å²) in [5, 5.41) is 0. The zero-order valence-corrected chi connectivity index (χ0v) is 6.14. The van der Waals surface area contributed by atoms with E-state index in [4.69, 9.17) is 5.73 Å². The smallest absolute Gasteiger partial charge is 0.00187 e. The normalized spacial score (nSPS) is 30.7. The molecule has 1 fully saturated rings. The number of hydrogen-bond donors (Lipinski definition) is 1. The van der Waals surface area contributed by atoms with Gasteiger partial charge in [0.05, 0.1) is 0 Å². The van der Waals surface area contributed by atoms with Crippen LogP contribution in [0.2, 0.25) is 0 Å². The minimum Gasteiger partial charge on any atom is -0.330 e. The molecule has 0 aliphatic carbocycles. The van der Waals surface area contributed by atoms with Crippen molar-refractivity contribution in [3.05, 3.63) is 0 Å². The van der Waals surface area contributed by atoms with Crippen LogP contribution in [0.3, 0.4) is 0 Å². The number of piperidine rings is 1. The van der Waals surface area contributed by atoms with Crippen LogP contribution in [-0.2, 0) is 0 Å². The van der Waals surface area contributed by atoms with E-state index in [1.165, 1.54) is 25.9 Å². The molecule has 0 unspecified atom stereocenters. The lowest BCUT2D eigenvalue weighted by molar-refractivity contribution is 0.214. The molecule has 1 aliphatic heterocycles. The van der Waals surface area contributed by atoms with Crippen molar-refractivity contribution in [2.24, 2.45) is 11.7 Å². The summed E-state index contributed by atoms with van der Waals surface area (Å²) in [5.41, 5.74) is 5.54. The topological polar surface area (TPSA) is 29.3 Å². The van der Waals surface area contributed by atoms with E-state index in [2.05, 4.69) is 11.9 Å². The summed E-state index contributed by atoms with van der Waals surface area (Å²) in [5.74, 6) is 0.767. The highest BCUT2D eigenvalue weighted by Gasteiger charge is 2.14. The predicted molar refractivity (Wildman–Crippen MR) is 39.3 cm³/mol. The largest absolute Gasteiger partial charge is 0.330 e. The maximum Gasteiger partial charge on any atom is 0.00187 e. The molecule has 54 valence electrons. The molecule has 0 bridgehead atoms. The van der Waals surface area contributed by atoms with Crippen LogP contribution in [-0.4, -0.2) is 31.6 Å². The average molecular weight is 128 g/mol. The highest BCUT2D eigenvalue weighted by Crippen LogP contribution is 2.12. The van der Waals surface area contributed by atoms with Gasteiger partial charge in [-0.1, -0.05) is 0 Å². The third-order valence-corrected chi connectivity index (χ3v) is 2.06. The number of hydrogen-bond acceptors (Lipinski definition) is 2. The second-order valence-electron chi connectivity index (χ2n) is 3.01. The first-order valence-electron chi connectivity index (χ1n) is 3.71. The fraction of sp³-hybridized carbons (Fsp3) is 1.00. The summed E-state index contributed by atoms with van der Waals surface area (Å²) in [6.07, 6.45) is 2.67. The molecule has 1 saturated heterocycles. The molecule has 2 nitrogen and oxygen atoms in total. The molecule has 0 radical (unpaired) electrons. The van der Waals surface area contributed by atoms with Crippen molar-refractivity contribution in [3.63, 3.8) is 0 Å². The van der Waals surface area contributed by atoms with E-state index < -0.39 is 0 Å². The molecule has 1 rings (SSSR count). The summed E-state index contributed by atoms with van der Waals surface area (Å²) in [6.45, 7) is 3.33. The van der Waals surface area contributed by atoms with E-state index in [9.17, 15) is 0 Å². The van der Waals surface area contributed by atoms with Gasteiger partial charge in [-0.3, -0.25) is 0 Å². The van der Waals surface area contributed by atoms with E-state index in [-0.39, 0.29) is 0 Å². The molecule has 0 amide bonds. The summed E-state index contributed by atoms with van der Waals surface area (Å²) in [6, 6.07) is 0. The van der Waals surface area contributed by atoms with Crippen molar-refractivity contribution in [1.82, 2.24) is 4.90 Å². The molecule has 0 saturated carbocycles. The van der Waals surface area contributed by atoms with Crippen molar-refractivity contribution in [2.45, 2.75) is 12.8 Å². The van der Waals surface area contributed by atoms with Gasteiger partial charge in [0.25, 0.3) is 0 Å². The fourth-order valence-electron chi connectivity index (χ4n) is 1.47. The van der Waals surface area contributed by atoms with E-state index in [0.29, 0.717) is 0 Å². The Hall–Kier alpha value is -0.0800. The van der Waals surface area contributed by atoms with Crippen LogP contribution in [0, 0.1) is 5.92 Å². The summed E-state index contributed by atoms with van der Waals surface area (Å²) >= 11 is 0. The second kappa shape index (κ2) is 3.18.